The van der Waals surface area contributed by atoms with Crippen LogP contribution in [-0.2, 0) is 4.74 Å². The Hall–Kier alpha value is -0.0800. The average molecular weight is 227 g/mol. The Balaban J connectivity index is 2.09. The molecule has 0 aliphatic carbocycles. The topological polar surface area (TPSA) is 21.3 Å². The summed E-state index contributed by atoms with van der Waals surface area (Å²) in [5.74, 6) is 0. The summed E-state index contributed by atoms with van der Waals surface area (Å²) >= 11 is 0. The molecular weight excluding hydrogens is 198 g/mol. The van der Waals surface area contributed by atoms with Gasteiger partial charge in [-0.05, 0) is 31.1 Å². The predicted molar refractivity (Wildman–Crippen MR) is 69.7 cm³/mol. The minimum absolute atomic E-state index is 0.420. The maximum absolute atomic E-state index is 5.65. The molecule has 0 aromatic rings. The second kappa shape index (κ2) is 6.61. The zero-order chi connectivity index (χ0) is 12.0. The molecule has 1 rings (SSSR count). The second-order valence-corrected chi connectivity index (χ2v) is 6.23. The van der Waals surface area contributed by atoms with Gasteiger partial charge in [0.25, 0.3) is 0 Å². The van der Waals surface area contributed by atoms with Crippen molar-refractivity contribution in [3.05, 3.63) is 0 Å². The van der Waals surface area contributed by atoms with Crippen molar-refractivity contribution in [3.8, 4) is 0 Å². The second-order valence-electron chi connectivity index (χ2n) is 6.23. The maximum atomic E-state index is 5.65. The molecule has 0 aromatic heterocycles. The van der Waals surface area contributed by atoms with E-state index in [-0.39, 0.29) is 0 Å². The highest BCUT2D eigenvalue weighted by Gasteiger charge is 2.20. The first-order valence-electron chi connectivity index (χ1n) is 6.84. The van der Waals surface area contributed by atoms with Gasteiger partial charge in [-0.1, -0.05) is 34.1 Å². The Labute approximate surface area is 101 Å². The number of hydrogen-bond acceptors (Lipinski definition) is 2. The van der Waals surface area contributed by atoms with Crippen molar-refractivity contribution in [2.75, 3.05) is 13.2 Å². The highest BCUT2D eigenvalue weighted by Crippen LogP contribution is 2.25. The van der Waals surface area contributed by atoms with E-state index in [1.165, 1.54) is 32.1 Å². The van der Waals surface area contributed by atoms with Gasteiger partial charge >= 0.3 is 0 Å². The van der Waals surface area contributed by atoms with Gasteiger partial charge in [-0.3, -0.25) is 0 Å². The Morgan fingerprint density at radius 2 is 2.12 bits per heavy atom. The summed E-state index contributed by atoms with van der Waals surface area (Å²) in [6, 6.07) is 0.595. The van der Waals surface area contributed by atoms with Crippen LogP contribution < -0.4 is 5.32 Å². The molecule has 1 aliphatic rings. The molecule has 0 bridgehead atoms. The molecule has 1 heterocycles. The smallest absolute Gasteiger partial charge is 0.0576 e. The van der Waals surface area contributed by atoms with E-state index in [9.17, 15) is 0 Å². The molecular formula is C14H29NO. The summed E-state index contributed by atoms with van der Waals surface area (Å²) in [4.78, 5) is 0. The largest absolute Gasteiger partial charge is 0.378 e. The van der Waals surface area contributed by atoms with Gasteiger partial charge in [-0.15, -0.1) is 0 Å². The molecule has 1 saturated heterocycles. The van der Waals surface area contributed by atoms with Crippen molar-refractivity contribution >= 4 is 0 Å². The van der Waals surface area contributed by atoms with Crippen LogP contribution in [0.2, 0.25) is 0 Å². The van der Waals surface area contributed by atoms with Gasteiger partial charge in [-0.25, -0.2) is 0 Å². The SMILES string of the molecule is CC(C)NCC(C)(C)CCCC1CCCO1. The van der Waals surface area contributed by atoms with E-state index in [4.69, 9.17) is 4.74 Å². The summed E-state index contributed by atoms with van der Waals surface area (Å²) in [5, 5.41) is 3.53. The van der Waals surface area contributed by atoms with Crippen LogP contribution >= 0.6 is 0 Å². The van der Waals surface area contributed by atoms with Gasteiger partial charge < -0.3 is 10.1 Å². The molecule has 0 aromatic carbocycles. The fourth-order valence-corrected chi connectivity index (χ4v) is 2.25. The first kappa shape index (κ1) is 14.0. The zero-order valence-corrected chi connectivity index (χ0v) is 11.5. The summed E-state index contributed by atoms with van der Waals surface area (Å²) in [7, 11) is 0. The van der Waals surface area contributed by atoms with Gasteiger partial charge in [-0.2, -0.15) is 0 Å². The molecule has 16 heavy (non-hydrogen) atoms. The third-order valence-electron chi connectivity index (χ3n) is 3.39. The first-order valence-corrected chi connectivity index (χ1v) is 6.84. The third-order valence-corrected chi connectivity index (χ3v) is 3.39. The third kappa shape index (κ3) is 5.86. The Bertz CT molecular complexity index is 183. The van der Waals surface area contributed by atoms with Crippen LogP contribution in [0.15, 0.2) is 0 Å². The lowest BCUT2D eigenvalue weighted by Crippen LogP contribution is -2.33. The van der Waals surface area contributed by atoms with Crippen LogP contribution in [0.1, 0.15) is 59.8 Å². The number of hydrogen-bond donors (Lipinski definition) is 1. The molecule has 1 aliphatic heterocycles. The van der Waals surface area contributed by atoms with Crippen molar-refractivity contribution in [2.45, 2.75) is 71.9 Å². The van der Waals surface area contributed by atoms with Gasteiger partial charge in [0.1, 0.15) is 0 Å². The van der Waals surface area contributed by atoms with Crippen molar-refractivity contribution < 1.29 is 4.74 Å². The fraction of sp³-hybridized carbons (Fsp3) is 1.00. The van der Waals surface area contributed by atoms with E-state index in [1.807, 2.05) is 0 Å². The maximum Gasteiger partial charge on any atom is 0.0576 e. The van der Waals surface area contributed by atoms with Gasteiger partial charge in [0.2, 0.25) is 0 Å². The van der Waals surface area contributed by atoms with Crippen molar-refractivity contribution in [2.24, 2.45) is 5.41 Å². The van der Waals surface area contributed by atoms with Crippen molar-refractivity contribution in [3.63, 3.8) is 0 Å². The van der Waals surface area contributed by atoms with Gasteiger partial charge in [0, 0.05) is 19.2 Å². The van der Waals surface area contributed by atoms with Crippen LogP contribution in [0.25, 0.3) is 0 Å². The lowest BCUT2D eigenvalue weighted by molar-refractivity contribution is 0.0985. The summed E-state index contributed by atoms with van der Waals surface area (Å²) in [6.45, 7) is 11.2. The zero-order valence-electron chi connectivity index (χ0n) is 11.5. The minimum Gasteiger partial charge on any atom is -0.378 e. The van der Waals surface area contributed by atoms with Crippen molar-refractivity contribution in [1.82, 2.24) is 5.32 Å². The summed E-state index contributed by atoms with van der Waals surface area (Å²) in [5.41, 5.74) is 0.420. The average Bonchev–Trinajstić information content (AvgIpc) is 2.68. The highest BCUT2D eigenvalue weighted by atomic mass is 16.5. The Kier molecular flexibility index (Phi) is 5.77. The Morgan fingerprint density at radius 1 is 1.38 bits per heavy atom. The molecule has 2 nitrogen and oxygen atoms in total. The predicted octanol–water partition coefficient (Wildman–Crippen LogP) is 3.36. The highest BCUT2D eigenvalue weighted by molar-refractivity contribution is 4.74. The van der Waals surface area contributed by atoms with E-state index < -0.39 is 0 Å². The lowest BCUT2D eigenvalue weighted by Gasteiger charge is -2.26. The van der Waals surface area contributed by atoms with E-state index in [0.717, 1.165) is 13.2 Å². The molecule has 1 unspecified atom stereocenters. The van der Waals surface area contributed by atoms with Crippen LogP contribution in [-0.4, -0.2) is 25.3 Å². The number of ether oxygens (including phenoxy) is 1. The van der Waals surface area contributed by atoms with E-state index >= 15 is 0 Å². The number of nitrogens with one attached hydrogen (secondary N) is 1. The van der Waals surface area contributed by atoms with E-state index in [0.29, 0.717) is 17.6 Å². The normalized spacial score (nSPS) is 21.9. The van der Waals surface area contributed by atoms with E-state index in [2.05, 4.69) is 33.0 Å². The Morgan fingerprint density at radius 3 is 2.69 bits per heavy atom. The molecule has 2 heteroatoms. The van der Waals surface area contributed by atoms with Gasteiger partial charge in [0.15, 0.2) is 0 Å². The molecule has 1 fully saturated rings. The molecule has 1 N–H and O–H groups in total. The number of rotatable bonds is 7. The molecule has 0 amide bonds. The monoisotopic (exact) mass is 227 g/mol. The summed E-state index contributed by atoms with van der Waals surface area (Å²) < 4.78 is 5.65. The molecule has 96 valence electrons. The first-order chi connectivity index (χ1) is 7.49. The van der Waals surface area contributed by atoms with Crippen LogP contribution in [0, 0.1) is 5.41 Å². The van der Waals surface area contributed by atoms with Crippen LogP contribution in [0.4, 0.5) is 0 Å². The fourth-order valence-electron chi connectivity index (χ4n) is 2.25. The minimum atomic E-state index is 0.420. The molecule has 1 atom stereocenters. The quantitative estimate of drug-likeness (QED) is 0.720. The lowest BCUT2D eigenvalue weighted by atomic mass is 9.86. The van der Waals surface area contributed by atoms with Gasteiger partial charge in [0.05, 0.1) is 6.10 Å². The van der Waals surface area contributed by atoms with Crippen LogP contribution in [0.3, 0.4) is 0 Å². The van der Waals surface area contributed by atoms with Crippen molar-refractivity contribution in [1.29, 1.82) is 0 Å². The molecule has 0 saturated carbocycles. The molecule has 0 radical (unpaired) electrons. The molecule has 0 spiro atoms. The van der Waals surface area contributed by atoms with E-state index in [1.54, 1.807) is 0 Å². The summed E-state index contributed by atoms with van der Waals surface area (Å²) in [6.07, 6.45) is 6.97. The van der Waals surface area contributed by atoms with Crippen LogP contribution in [0.5, 0.6) is 0 Å². The standard InChI is InChI=1S/C14H29NO/c1-12(2)15-11-14(3,4)9-5-7-13-8-6-10-16-13/h12-13,15H,5-11H2,1-4H3.